The number of pyridine rings is 1. The highest BCUT2D eigenvalue weighted by Crippen LogP contribution is 2.24. The molecule has 0 bridgehead atoms. The maximum atomic E-state index is 12.6. The minimum atomic E-state index is -3.56. The van der Waals surface area contributed by atoms with Crippen LogP contribution in [-0.2, 0) is 10.0 Å². The normalized spacial score (nSPS) is 12.1. The molecule has 114 valence electrons. The molecule has 1 rings (SSSR count). The van der Waals surface area contributed by atoms with E-state index in [4.69, 9.17) is 23.2 Å². The second-order valence-electron chi connectivity index (χ2n) is 4.55. The van der Waals surface area contributed by atoms with E-state index in [-0.39, 0.29) is 15.1 Å². The number of aromatic nitrogens is 1. The Morgan fingerprint density at radius 1 is 1.15 bits per heavy atom. The molecule has 0 spiro atoms. The van der Waals surface area contributed by atoms with Crippen molar-refractivity contribution >= 4 is 33.2 Å². The van der Waals surface area contributed by atoms with E-state index in [1.165, 1.54) is 16.6 Å². The van der Waals surface area contributed by atoms with Crippen molar-refractivity contribution in [3.63, 3.8) is 0 Å². The molecule has 0 N–H and O–H groups in total. The van der Waals surface area contributed by atoms with Crippen molar-refractivity contribution in [1.29, 1.82) is 0 Å². The number of rotatable bonds is 8. The molecule has 0 amide bonds. The van der Waals surface area contributed by atoms with Gasteiger partial charge in [0.2, 0.25) is 10.0 Å². The summed E-state index contributed by atoms with van der Waals surface area (Å²) in [6.07, 6.45) is 4.80. The van der Waals surface area contributed by atoms with Crippen LogP contribution in [0.2, 0.25) is 10.2 Å². The molecule has 0 aliphatic carbocycles. The Bertz CT molecular complexity index is 527. The van der Waals surface area contributed by atoms with Crippen LogP contribution >= 0.6 is 23.2 Å². The van der Waals surface area contributed by atoms with Gasteiger partial charge >= 0.3 is 0 Å². The molecular weight excluding hydrogens is 319 g/mol. The first-order valence-corrected chi connectivity index (χ1v) is 8.94. The van der Waals surface area contributed by atoms with Crippen LogP contribution in [-0.4, -0.2) is 30.8 Å². The first kappa shape index (κ1) is 17.7. The molecule has 0 aliphatic heterocycles. The van der Waals surface area contributed by atoms with E-state index in [9.17, 15) is 8.42 Å². The Morgan fingerprint density at radius 2 is 1.70 bits per heavy atom. The van der Waals surface area contributed by atoms with E-state index in [0.717, 1.165) is 25.7 Å². The predicted octanol–water partition coefficient (Wildman–Crippen LogP) is 3.98. The van der Waals surface area contributed by atoms with Crippen molar-refractivity contribution in [3.8, 4) is 0 Å². The summed E-state index contributed by atoms with van der Waals surface area (Å²) >= 11 is 11.6. The van der Waals surface area contributed by atoms with E-state index in [0.29, 0.717) is 13.1 Å². The van der Waals surface area contributed by atoms with Crippen LogP contribution in [0.25, 0.3) is 0 Å². The van der Waals surface area contributed by atoms with Gasteiger partial charge in [0.1, 0.15) is 10.0 Å². The second-order valence-corrected chi connectivity index (χ2v) is 7.26. The van der Waals surface area contributed by atoms with Crippen molar-refractivity contribution in [2.45, 2.75) is 44.4 Å². The summed E-state index contributed by atoms with van der Waals surface area (Å²) in [7, 11) is -3.56. The van der Waals surface area contributed by atoms with Crippen LogP contribution < -0.4 is 0 Å². The first-order valence-electron chi connectivity index (χ1n) is 6.74. The van der Waals surface area contributed by atoms with Crippen LogP contribution in [0.4, 0.5) is 0 Å². The molecule has 1 heterocycles. The third kappa shape index (κ3) is 4.58. The zero-order valence-corrected chi connectivity index (χ0v) is 14.1. The summed E-state index contributed by atoms with van der Waals surface area (Å²) in [4.78, 5) is 3.91. The van der Waals surface area contributed by atoms with Crippen LogP contribution in [0.15, 0.2) is 17.2 Å². The Kier molecular flexibility index (Phi) is 7.23. The summed E-state index contributed by atoms with van der Waals surface area (Å²) in [5, 5.41) is 0.262. The van der Waals surface area contributed by atoms with Gasteiger partial charge in [-0.15, -0.1) is 0 Å². The highest BCUT2D eigenvalue weighted by atomic mass is 35.5. The summed E-state index contributed by atoms with van der Waals surface area (Å²) in [6.45, 7) is 5.09. The van der Waals surface area contributed by atoms with Gasteiger partial charge in [0.15, 0.2) is 0 Å². The fraction of sp³-hybridized carbons (Fsp3) is 0.615. The van der Waals surface area contributed by atoms with E-state index in [1.54, 1.807) is 0 Å². The highest BCUT2D eigenvalue weighted by molar-refractivity contribution is 7.89. The lowest BCUT2D eigenvalue weighted by Gasteiger charge is -2.21. The fourth-order valence-electron chi connectivity index (χ4n) is 1.71. The van der Waals surface area contributed by atoms with Gasteiger partial charge in [-0.1, -0.05) is 49.9 Å². The molecule has 0 saturated carbocycles. The Balaban J connectivity index is 3.03. The topological polar surface area (TPSA) is 50.3 Å². The molecule has 20 heavy (non-hydrogen) atoms. The van der Waals surface area contributed by atoms with Crippen molar-refractivity contribution in [2.24, 2.45) is 0 Å². The average Bonchev–Trinajstić information content (AvgIpc) is 2.41. The molecule has 7 heteroatoms. The molecule has 0 aromatic carbocycles. The Labute approximate surface area is 131 Å². The lowest BCUT2D eigenvalue weighted by molar-refractivity contribution is 0.395. The number of nitrogens with zero attached hydrogens (tertiary/aromatic N) is 2. The SMILES string of the molecule is CCCCN(CCCC)S(=O)(=O)c1cnc(Cl)c(Cl)c1. The Hall–Kier alpha value is -0.360. The van der Waals surface area contributed by atoms with Crippen molar-refractivity contribution in [1.82, 2.24) is 9.29 Å². The zero-order valence-electron chi connectivity index (χ0n) is 11.8. The van der Waals surface area contributed by atoms with Crippen LogP contribution in [0.3, 0.4) is 0 Å². The molecule has 1 aromatic rings. The van der Waals surface area contributed by atoms with Gasteiger partial charge < -0.3 is 0 Å². The maximum Gasteiger partial charge on any atom is 0.244 e. The van der Waals surface area contributed by atoms with E-state index in [2.05, 4.69) is 4.98 Å². The maximum absolute atomic E-state index is 12.6. The largest absolute Gasteiger partial charge is 0.244 e. The van der Waals surface area contributed by atoms with E-state index < -0.39 is 10.0 Å². The quantitative estimate of drug-likeness (QED) is 0.673. The molecular formula is C13H20Cl2N2O2S. The number of sulfonamides is 1. The summed E-state index contributed by atoms with van der Waals surface area (Å²) in [6, 6.07) is 1.36. The van der Waals surface area contributed by atoms with Crippen molar-refractivity contribution in [3.05, 3.63) is 22.4 Å². The average molecular weight is 339 g/mol. The lowest BCUT2D eigenvalue weighted by Crippen LogP contribution is -2.33. The van der Waals surface area contributed by atoms with Gasteiger partial charge in [0.05, 0.1) is 5.02 Å². The number of hydrogen-bond donors (Lipinski definition) is 0. The molecule has 0 fully saturated rings. The molecule has 0 aliphatic rings. The molecule has 0 unspecified atom stereocenters. The van der Waals surface area contributed by atoms with Gasteiger partial charge in [-0.05, 0) is 18.9 Å². The highest BCUT2D eigenvalue weighted by Gasteiger charge is 2.24. The number of halogens is 2. The summed E-state index contributed by atoms with van der Waals surface area (Å²) in [5.74, 6) is 0. The zero-order chi connectivity index (χ0) is 15.2. The lowest BCUT2D eigenvalue weighted by atomic mass is 10.3. The molecule has 1 aromatic heterocycles. The van der Waals surface area contributed by atoms with Gasteiger partial charge in [0.25, 0.3) is 0 Å². The van der Waals surface area contributed by atoms with Crippen LogP contribution in [0.5, 0.6) is 0 Å². The molecule has 0 saturated heterocycles. The third-order valence-electron chi connectivity index (χ3n) is 2.93. The number of unbranched alkanes of at least 4 members (excludes halogenated alkanes) is 2. The van der Waals surface area contributed by atoms with Gasteiger partial charge in [-0.3, -0.25) is 0 Å². The number of hydrogen-bond acceptors (Lipinski definition) is 3. The second kappa shape index (κ2) is 8.17. The van der Waals surface area contributed by atoms with Crippen molar-refractivity contribution in [2.75, 3.05) is 13.1 Å². The molecule has 4 nitrogen and oxygen atoms in total. The smallest absolute Gasteiger partial charge is 0.242 e. The van der Waals surface area contributed by atoms with Crippen molar-refractivity contribution < 1.29 is 8.42 Å². The van der Waals surface area contributed by atoms with Crippen LogP contribution in [0, 0.1) is 0 Å². The molecule has 0 atom stereocenters. The standard InChI is InChI=1S/C13H20Cl2N2O2S/c1-3-5-7-17(8-6-4-2)20(18,19)11-9-12(14)13(15)16-10-11/h9-10H,3-8H2,1-2H3. The fourth-order valence-corrected chi connectivity index (χ4v) is 3.54. The van der Waals surface area contributed by atoms with E-state index in [1.807, 2.05) is 13.8 Å². The Morgan fingerprint density at radius 3 is 2.15 bits per heavy atom. The van der Waals surface area contributed by atoms with E-state index >= 15 is 0 Å². The molecule has 0 radical (unpaired) electrons. The first-order chi connectivity index (χ1) is 9.43. The minimum absolute atomic E-state index is 0.0964. The van der Waals surface area contributed by atoms with Gasteiger partial charge in [-0.2, -0.15) is 4.31 Å². The monoisotopic (exact) mass is 338 g/mol. The third-order valence-corrected chi connectivity index (χ3v) is 5.48. The summed E-state index contributed by atoms with van der Waals surface area (Å²) < 4.78 is 26.7. The predicted molar refractivity (Wildman–Crippen MR) is 82.8 cm³/mol. The van der Waals surface area contributed by atoms with Gasteiger partial charge in [-0.25, -0.2) is 13.4 Å². The minimum Gasteiger partial charge on any atom is -0.242 e. The summed E-state index contributed by atoms with van der Waals surface area (Å²) in [5.41, 5.74) is 0. The van der Waals surface area contributed by atoms with Crippen LogP contribution in [0.1, 0.15) is 39.5 Å². The van der Waals surface area contributed by atoms with Gasteiger partial charge in [0, 0.05) is 19.3 Å².